The summed E-state index contributed by atoms with van der Waals surface area (Å²) in [6.07, 6.45) is 8.35. The van der Waals surface area contributed by atoms with Crippen molar-refractivity contribution in [1.82, 2.24) is 0 Å². The average molecular weight is 222 g/mol. The van der Waals surface area contributed by atoms with Gasteiger partial charge in [0, 0.05) is 5.92 Å². The first-order valence-electron chi connectivity index (χ1n) is 6.78. The van der Waals surface area contributed by atoms with Crippen molar-refractivity contribution in [3.8, 4) is 0 Å². The highest BCUT2D eigenvalue weighted by Crippen LogP contribution is 2.53. The quantitative estimate of drug-likeness (QED) is 0.667. The van der Waals surface area contributed by atoms with Crippen LogP contribution in [0.15, 0.2) is 11.6 Å². The maximum atomic E-state index is 10.6. The summed E-state index contributed by atoms with van der Waals surface area (Å²) in [5, 5.41) is 10.6. The van der Waals surface area contributed by atoms with Crippen molar-refractivity contribution in [1.29, 1.82) is 0 Å². The second-order valence-corrected chi connectivity index (χ2v) is 6.74. The molecule has 0 aliphatic heterocycles. The molecule has 1 nitrogen and oxygen atoms in total. The number of fused-ring (bicyclic) bond motifs is 1. The van der Waals surface area contributed by atoms with Gasteiger partial charge in [-0.3, -0.25) is 0 Å². The molecule has 2 aliphatic rings. The standard InChI is InChI=1S/C15H26O/c1-11(2)12-6-9-14(3)7-5-8-15(4,16)13(14)10-12/h10-11,13,16H,5-9H2,1-4H3/t13-,14-,15-/m1/s1. The van der Waals surface area contributed by atoms with Crippen LogP contribution < -0.4 is 0 Å². The van der Waals surface area contributed by atoms with Crippen molar-refractivity contribution in [3.63, 3.8) is 0 Å². The van der Waals surface area contributed by atoms with Gasteiger partial charge in [-0.1, -0.05) is 38.8 Å². The molecule has 1 heteroatoms. The number of aliphatic hydroxyl groups is 1. The maximum Gasteiger partial charge on any atom is 0.0687 e. The summed E-state index contributed by atoms with van der Waals surface area (Å²) < 4.78 is 0. The van der Waals surface area contributed by atoms with Crippen molar-refractivity contribution < 1.29 is 5.11 Å². The Kier molecular flexibility index (Phi) is 2.94. The largest absolute Gasteiger partial charge is 0.390 e. The molecule has 0 aromatic heterocycles. The van der Waals surface area contributed by atoms with Crippen LogP contribution in [0, 0.1) is 17.3 Å². The molecule has 1 fully saturated rings. The summed E-state index contributed by atoms with van der Waals surface area (Å²) in [6, 6.07) is 0. The molecule has 0 saturated heterocycles. The predicted molar refractivity (Wildman–Crippen MR) is 68.2 cm³/mol. The smallest absolute Gasteiger partial charge is 0.0687 e. The average Bonchev–Trinajstić information content (AvgIpc) is 2.15. The number of rotatable bonds is 1. The summed E-state index contributed by atoms with van der Waals surface area (Å²) in [5.41, 5.74) is 1.43. The lowest BCUT2D eigenvalue weighted by atomic mass is 9.56. The molecule has 0 radical (unpaired) electrons. The first-order chi connectivity index (χ1) is 7.35. The van der Waals surface area contributed by atoms with E-state index in [2.05, 4.69) is 26.8 Å². The Morgan fingerprint density at radius 1 is 1.25 bits per heavy atom. The van der Waals surface area contributed by atoms with Crippen LogP contribution in [-0.4, -0.2) is 10.7 Å². The summed E-state index contributed by atoms with van der Waals surface area (Å²) in [5.74, 6) is 1.02. The van der Waals surface area contributed by atoms with Gasteiger partial charge in [-0.25, -0.2) is 0 Å². The zero-order chi connectivity index (χ0) is 12.0. The summed E-state index contributed by atoms with van der Waals surface area (Å²) in [7, 11) is 0. The third-order valence-corrected chi connectivity index (χ3v) is 4.96. The first kappa shape index (κ1) is 12.2. The molecule has 2 aliphatic carbocycles. The molecule has 92 valence electrons. The third kappa shape index (κ3) is 1.95. The van der Waals surface area contributed by atoms with Crippen molar-refractivity contribution in [2.75, 3.05) is 0 Å². The van der Waals surface area contributed by atoms with Crippen LogP contribution in [0.3, 0.4) is 0 Å². The molecular formula is C15H26O. The lowest BCUT2D eigenvalue weighted by molar-refractivity contribution is -0.0797. The van der Waals surface area contributed by atoms with E-state index in [0.717, 1.165) is 6.42 Å². The molecule has 16 heavy (non-hydrogen) atoms. The number of hydrogen-bond acceptors (Lipinski definition) is 1. The fourth-order valence-corrected chi connectivity index (χ4v) is 3.78. The van der Waals surface area contributed by atoms with Gasteiger partial charge in [-0.05, 0) is 43.9 Å². The molecular weight excluding hydrogens is 196 g/mol. The molecule has 3 atom stereocenters. The van der Waals surface area contributed by atoms with Gasteiger partial charge in [0.2, 0.25) is 0 Å². The lowest BCUT2D eigenvalue weighted by Crippen LogP contribution is -2.48. The van der Waals surface area contributed by atoms with Gasteiger partial charge in [0.15, 0.2) is 0 Å². The van der Waals surface area contributed by atoms with Gasteiger partial charge in [0.05, 0.1) is 5.60 Å². The van der Waals surface area contributed by atoms with E-state index in [1.807, 2.05) is 6.92 Å². The SMILES string of the molecule is CC(C)C1=C[C@@H]2[C@](C)(CCC[C@@]2(C)O)CC1. The molecule has 1 saturated carbocycles. The van der Waals surface area contributed by atoms with E-state index in [0.29, 0.717) is 17.3 Å². The van der Waals surface area contributed by atoms with Crippen molar-refractivity contribution in [3.05, 3.63) is 11.6 Å². The fraction of sp³-hybridized carbons (Fsp3) is 0.867. The molecule has 0 aromatic carbocycles. The van der Waals surface area contributed by atoms with Crippen molar-refractivity contribution >= 4 is 0 Å². The third-order valence-electron chi connectivity index (χ3n) is 4.96. The number of allylic oxidation sites excluding steroid dienone is 1. The van der Waals surface area contributed by atoms with Crippen LogP contribution in [0.1, 0.15) is 59.8 Å². The van der Waals surface area contributed by atoms with E-state index >= 15 is 0 Å². The topological polar surface area (TPSA) is 20.2 Å². The second kappa shape index (κ2) is 3.87. The Balaban J connectivity index is 2.33. The van der Waals surface area contributed by atoms with Crippen LogP contribution in [0.4, 0.5) is 0 Å². The normalized spacial score (nSPS) is 44.1. The monoisotopic (exact) mass is 222 g/mol. The molecule has 2 rings (SSSR count). The highest BCUT2D eigenvalue weighted by atomic mass is 16.3. The Labute approximate surface area is 99.9 Å². The highest BCUT2D eigenvalue weighted by molar-refractivity contribution is 5.19. The van der Waals surface area contributed by atoms with Gasteiger partial charge >= 0.3 is 0 Å². The van der Waals surface area contributed by atoms with Crippen LogP contribution in [-0.2, 0) is 0 Å². The molecule has 0 bridgehead atoms. The molecule has 0 unspecified atom stereocenters. The Morgan fingerprint density at radius 3 is 2.56 bits per heavy atom. The van der Waals surface area contributed by atoms with Crippen LogP contribution in [0.5, 0.6) is 0 Å². The molecule has 0 amide bonds. The Morgan fingerprint density at radius 2 is 1.94 bits per heavy atom. The van der Waals surface area contributed by atoms with E-state index in [1.54, 1.807) is 5.57 Å². The molecule has 0 heterocycles. The zero-order valence-electron chi connectivity index (χ0n) is 11.2. The zero-order valence-corrected chi connectivity index (χ0v) is 11.2. The van der Waals surface area contributed by atoms with Gasteiger partial charge in [0.1, 0.15) is 0 Å². The first-order valence-corrected chi connectivity index (χ1v) is 6.78. The molecule has 0 spiro atoms. The van der Waals surface area contributed by atoms with Crippen molar-refractivity contribution in [2.24, 2.45) is 17.3 Å². The lowest BCUT2D eigenvalue weighted by Gasteiger charge is -2.51. The summed E-state index contributed by atoms with van der Waals surface area (Å²) >= 11 is 0. The van der Waals surface area contributed by atoms with E-state index in [4.69, 9.17) is 0 Å². The van der Waals surface area contributed by atoms with E-state index in [-0.39, 0.29) is 0 Å². The summed E-state index contributed by atoms with van der Waals surface area (Å²) in [6.45, 7) is 8.95. The van der Waals surface area contributed by atoms with E-state index in [9.17, 15) is 5.11 Å². The Bertz CT molecular complexity index is 301. The second-order valence-electron chi connectivity index (χ2n) is 6.74. The summed E-state index contributed by atoms with van der Waals surface area (Å²) in [4.78, 5) is 0. The minimum absolute atomic E-state index is 0.347. The van der Waals surface area contributed by atoms with Gasteiger partial charge < -0.3 is 5.11 Å². The van der Waals surface area contributed by atoms with E-state index in [1.165, 1.54) is 25.7 Å². The molecule has 0 aromatic rings. The van der Waals surface area contributed by atoms with Crippen LogP contribution in [0.2, 0.25) is 0 Å². The van der Waals surface area contributed by atoms with Gasteiger partial charge in [-0.15, -0.1) is 0 Å². The Hall–Kier alpha value is -0.300. The van der Waals surface area contributed by atoms with Crippen LogP contribution >= 0.6 is 0 Å². The minimum atomic E-state index is -0.479. The highest BCUT2D eigenvalue weighted by Gasteiger charge is 2.48. The van der Waals surface area contributed by atoms with Crippen LogP contribution in [0.25, 0.3) is 0 Å². The minimum Gasteiger partial charge on any atom is -0.390 e. The predicted octanol–water partition coefficient (Wildman–Crippen LogP) is 3.92. The van der Waals surface area contributed by atoms with E-state index < -0.39 is 5.60 Å². The maximum absolute atomic E-state index is 10.6. The van der Waals surface area contributed by atoms with Crippen molar-refractivity contribution in [2.45, 2.75) is 65.4 Å². The fourth-order valence-electron chi connectivity index (χ4n) is 3.78. The van der Waals surface area contributed by atoms with Gasteiger partial charge in [0.25, 0.3) is 0 Å². The number of hydrogen-bond donors (Lipinski definition) is 1. The van der Waals surface area contributed by atoms with Gasteiger partial charge in [-0.2, -0.15) is 0 Å². The molecule has 1 N–H and O–H groups in total.